The lowest BCUT2D eigenvalue weighted by Gasteiger charge is -2.22. The van der Waals surface area contributed by atoms with Crippen molar-refractivity contribution in [2.45, 2.75) is 49.8 Å². The van der Waals surface area contributed by atoms with Crippen molar-refractivity contribution < 1.29 is 13.3 Å². The van der Waals surface area contributed by atoms with Gasteiger partial charge in [-0.2, -0.15) is 0 Å². The van der Waals surface area contributed by atoms with E-state index in [0.717, 1.165) is 0 Å². The van der Waals surface area contributed by atoms with E-state index in [2.05, 4.69) is 4.89 Å². The third-order valence-electron chi connectivity index (χ3n) is 3.58. The van der Waals surface area contributed by atoms with E-state index >= 15 is 0 Å². The van der Waals surface area contributed by atoms with E-state index in [4.69, 9.17) is 4.84 Å². The average molecular weight is 283 g/mol. The van der Waals surface area contributed by atoms with Crippen LogP contribution in [0.25, 0.3) is 0 Å². The molecule has 1 N–H and O–H groups in total. The molecule has 0 heterocycles. The van der Waals surface area contributed by atoms with Crippen LogP contribution < -0.4 is 4.89 Å². The SMILES string of the molecule is CCONS(=O)(=O)c1ccc(C2CCCCC2)cc1. The zero-order valence-corrected chi connectivity index (χ0v) is 12.1. The Morgan fingerprint density at radius 1 is 1.16 bits per heavy atom. The van der Waals surface area contributed by atoms with Gasteiger partial charge in [-0.25, -0.2) is 8.42 Å². The lowest BCUT2D eigenvalue weighted by molar-refractivity contribution is 0.105. The van der Waals surface area contributed by atoms with E-state index in [-0.39, 0.29) is 4.90 Å². The Kier molecular flexibility index (Phi) is 4.96. The Balaban J connectivity index is 2.09. The van der Waals surface area contributed by atoms with Crippen LogP contribution in [0.1, 0.15) is 50.5 Å². The van der Waals surface area contributed by atoms with Gasteiger partial charge in [-0.1, -0.05) is 36.3 Å². The molecular weight excluding hydrogens is 262 g/mol. The average Bonchev–Trinajstić information content (AvgIpc) is 2.46. The maximum absolute atomic E-state index is 11.8. The van der Waals surface area contributed by atoms with Crippen LogP contribution in [0.3, 0.4) is 0 Å². The topological polar surface area (TPSA) is 55.4 Å². The molecule has 2 rings (SSSR count). The molecule has 4 nitrogen and oxygen atoms in total. The molecule has 0 bridgehead atoms. The van der Waals surface area contributed by atoms with Crippen LogP contribution in [0.5, 0.6) is 0 Å². The lowest BCUT2D eigenvalue weighted by atomic mass is 9.84. The zero-order chi connectivity index (χ0) is 13.7. The quantitative estimate of drug-likeness (QED) is 0.845. The normalized spacial score (nSPS) is 17.5. The third-order valence-corrected chi connectivity index (χ3v) is 4.81. The molecule has 1 aliphatic carbocycles. The minimum absolute atomic E-state index is 0.250. The van der Waals surface area contributed by atoms with Crippen molar-refractivity contribution in [3.8, 4) is 0 Å². The van der Waals surface area contributed by atoms with E-state index in [1.807, 2.05) is 12.1 Å². The molecule has 0 spiro atoms. The Bertz CT molecular complexity index is 490. The second-order valence-electron chi connectivity index (χ2n) is 4.92. The van der Waals surface area contributed by atoms with E-state index < -0.39 is 10.0 Å². The summed E-state index contributed by atoms with van der Waals surface area (Å²) in [5.74, 6) is 0.588. The molecule has 1 fully saturated rings. The van der Waals surface area contributed by atoms with E-state index in [0.29, 0.717) is 12.5 Å². The predicted octanol–water partition coefficient (Wildman–Crippen LogP) is 2.96. The van der Waals surface area contributed by atoms with Gasteiger partial charge in [-0.3, -0.25) is 4.84 Å². The molecule has 1 aromatic carbocycles. The maximum atomic E-state index is 11.8. The summed E-state index contributed by atoms with van der Waals surface area (Å²) < 4.78 is 23.7. The first kappa shape index (κ1) is 14.5. The van der Waals surface area contributed by atoms with Gasteiger partial charge in [0.1, 0.15) is 0 Å². The smallest absolute Gasteiger partial charge is 0.262 e. The van der Waals surface area contributed by atoms with Crippen molar-refractivity contribution in [1.29, 1.82) is 0 Å². The fourth-order valence-corrected chi connectivity index (χ4v) is 3.40. The van der Waals surface area contributed by atoms with Gasteiger partial charge in [0, 0.05) is 0 Å². The molecule has 0 aliphatic heterocycles. The Morgan fingerprint density at radius 2 is 1.79 bits per heavy atom. The van der Waals surface area contributed by atoms with Crippen LogP contribution in [0.4, 0.5) is 0 Å². The summed E-state index contributed by atoms with van der Waals surface area (Å²) >= 11 is 0. The number of hydrogen-bond donors (Lipinski definition) is 1. The number of sulfonamides is 1. The third kappa shape index (κ3) is 3.78. The van der Waals surface area contributed by atoms with Gasteiger partial charge in [-0.05, 0) is 43.4 Å². The predicted molar refractivity (Wildman–Crippen MR) is 74.2 cm³/mol. The molecule has 0 radical (unpaired) electrons. The summed E-state index contributed by atoms with van der Waals surface area (Å²) in [5, 5.41) is 0. The molecule has 0 saturated heterocycles. The highest BCUT2D eigenvalue weighted by Gasteiger charge is 2.17. The van der Waals surface area contributed by atoms with Crippen molar-refractivity contribution in [3.63, 3.8) is 0 Å². The Labute approximate surface area is 115 Å². The van der Waals surface area contributed by atoms with Gasteiger partial charge in [0.15, 0.2) is 0 Å². The standard InChI is InChI=1S/C14H21NO3S/c1-2-18-15-19(16,17)14-10-8-13(9-11-14)12-6-4-3-5-7-12/h8-12,15H,2-7H2,1H3. The molecule has 5 heteroatoms. The molecule has 1 aliphatic rings. The molecule has 0 unspecified atom stereocenters. The molecule has 0 atom stereocenters. The molecule has 0 amide bonds. The highest BCUT2D eigenvalue weighted by atomic mass is 32.2. The van der Waals surface area contributed by atoms with Gasteiger partial charge in [0.05, 0.1) is 11.5 Å². The number of rotatable bonds is 5. The first-order valence-electron chi connectivity index (χ1n) is 6.87. The van der Waals surface area contributed by atoms with Crippen LogP contribution in [0.15, 0.2) is 29.2 Å². The van der Waals surface area contributed by atoms with Gasteiger partial charge in [0.2, 0.25) is 0 Å². The van der Waals surface area contributed by atoms with Crippen LogP contribution in [0, 0.1) is 0 Å². The number of hydrogen-bond acceptors (Lipinski definition) is 3. The van der Waals surface area contributed by atoms with E-state index in [1.54, 1.807) is 19.1 Å². The highest BCUT2D eigenvalue weighted by Crippen LogP contribution is 2.32. The first-order chi connectivity index (χ1) is 9.13. The van der Waals surface area contributed by atoms with Crippen molar-refractivity contribution in [1.82, 2.24) is 4.89 Å². The zero-order valence-electron chi connectivity index (χ0n) is 11.3. The van der Waals surface area contributed by atoms with Crippen LogP contribution >= 0.6 is 0 Å². The van der Waals surface area contributed by atoms with Crippen molar-refractivity contribution in [3.05, 3.63) is 29.8 Å². The molecule has 1 aromatic rings. The fraction of sp³-hybridized carbons (Fsp3) is 0.571. The van der Waals surface area contributed by atoms with E-state index in [1.165, 1.54) is 37.7 Å². The van der Waals surface area contributed by atoms with Gasteiger partial charge >= 0.3 is 0 Å². The largest absolute Gasteiger partial charge is 0.287 e. The Hall–Kier alpha value is -0.910. The van der Waals surface area contributed by atoms with Crippen molar-refractivity contribution in [2.75, 3.05) is 6.61 Å². The minimum atomic E-state index is -3.54. The van der Waals surface area contributed by atoms with Gasteiger partial charge in [0.25, 0.3) is 10.0 Å². The molecule has 1 saturated carbocycles. The van der Waals surface area contributed by atoms with Gasteiger partial charge < -0.3 is 0 Å². The Morgan fingerprint density at radius 3 is 2.37 bits per heavy atom. The summed E-state index contributed by atoms with van der Waals surface area (Å²) in [5.41, 5.74) is 1.25. The van der Waals surface area contributed by atoms with Crippen LogP contribution in [-0.4, -0.2) is 15.0 Å². The molecule has 19 heavy (non-hydrogen) atoms. The maximum Gasteiger partial charge on any atom is 0.262 e. The number of benzene rings is 1. The summed E-state index contributed by atoms with van der Waals surface area (Å²) in [6.07, 6.45) is 6.29. The van der Waals surface area contributed by atoms with Crippen molar-refractivity contribution >= 4 is 10.0 Å². The molecule has 0 aromatic heterocycles. The summed E-state index contributed by atoms with van der Waals surface area (Å²) in [6.45, 7) is 2.04. The monoisotopic (exact) mass is 283 g/mol. The second-order valence-corrected chi connectivity index (χ2v) is 6.57. The summed E-state index contributed by atoms with van der Waals surface area (Å²) in [4.78, 5) is 7.11. The van der Waals surface area contributed by atoms with E-state index in [9.17, 15) is 8.42 Å². The van der Waals surface area contributed by atoms with Crippen LogP contribution in [0.2, 0.25) is 0 Å². The molecule has 106 valence electrons. The first-order valence-corrected chi connectivity index (χ1v) is 8.35. The lowest BCUT2D eigenvalue weighted by Crippen LogP contribution is -2.24. The highest BCUT2D eigenvalue weighted by molar-refractivity contribution is 7.89. The minimum Gasteiger partial charge on any atom is -0.287 e. The second kappa shape index (κ2) is 6.50. The summed E-state index contributed by atoms with van der Waals surface area (Å²) in [7, 11) is -3.54. The number of nitrogens with one attached hydrogen (secondary N) is 1. The van der Waals surface area contributed by atoms with Gasteiger partial charge in [-0.15, -0.1) is 0 Å². The molecular formula is C14H21NO3S. The fourth-order valence-electron chi connectivity index (χ4n) is 2.54. The summed E-state index contributed by atoms with van der Waals surface area (Å²) in [6, 6.07) is 7.17. The van der Waals surface area contributed by atoms with Crippen LogP contribution in [-0.2, 0) is 14.9 Å². The van der Waals surface area contributed by atoms with Crippen molar-refractivity contribution in [2.24, 2.45) is 0 Å².